The number of nitrogens with zero attached hydrogens (tertiary/aromatic N) is 3. The lowest BCUT2D eigenvalue weighted by atomic mass is 9.76. The normalized spacial score (nSPS) is 17.4. The van der Waals surface area contributed by atoms with E-state index in [-0.39, 0.29) is 5.82 Å². The summed E-state index contributed by atoms with van der Waals surface area (Å²) in [6.07, 6.45) is 10.00. The van der Waals surface area contributed by atoms with E-state index in [4.69, 9.17) is 4.74 Å². The van der Waals surface area contributed by atoms with Gasteiger partial charge in [0.15, 0.2) is 0 Å². The van der Waals surface area contributed by atoms with Crippen molar-refractivity contribution in [2.45, 2.75) is 38.8 Å². The van der Waals surface area contributed by atoms with Crippen LogP contribution >= 0.6 is 0 Å². The third-order valence-electron chi connectivity index (χ3n) is 7.25. The van der Waals surface area contributed by atoms with E-state index in [1.54, 1.807) is 7.11 Å². The van der Waals surface area contributed by atoms with E-state index >= 15 is 0 Å². The van der Waals surface area contributed by atoms with Crippen molar-refractivity contribution in [3.05, 3.63) is 113 Å². The minimum atomic E-state index is -0.417. The second-order valence-corrected chi connectivity index (χ2v) is 9.44. The van der Waals surface area contributed by atoms with Crippen molar-refractivity contribution in [2.75, 3.05) is 18.6 Å². The van der Waals surface area contributed by atoms with Gasteiger partial charge in [0, 0.05) is 18.8 Å². The van der Waals surface area contributed by atoms with E-state index in [2.05, 4.69) is 76.8 Å². The van der Waals surface area contributed by atoms with Gasteiger partial charge in [0.2, 0.25) is 0 Å². The smallest absolute Gasteiger partial charge is 0.123 e. The Balaban J connectivity index is 1.53. The highest BCUT2D eigenvalue weighted by molar-refractivity contribution is 5.69. The molecule has 0 fully saturated rings. The van der Waals surface area contributed by atoms with Gasteiger partial charge in [-0.1, -0.05) is 43.3 Å². The van der Waals surface area contributed by atoms with Crippen molar-refractivity contribution in [2.24, 2.45) is 0 Å². The fraction of sp³-hybridized carbons (Fsp3) is 0.258. The van der Waals surface area contributed by atoms with Gasteiger partial charge in [0.1, 0.15) is 11.6 Å². The highest BCUT2D eigenvalue weighted by Crippen LogP contribution is 2.44. The summed E-state index contributed by atoms with van der Waals surface area (Å²) >= 11 is 0. The molecule has 36 heavy (non-hydrogen) atoms. The maximum absolute atomic E-state index is 13.7. The van der Waals surface area contributed by atoms with Crippen LogP contribution < -0.4 is 9.64 Å². The van der Waals surface area contributed by atoms with Gasteiger partial charge in [-0.25, -0.2) is 9.37 Å². The van der Waals surface area contributed by atoms with Gasteiger partial charge in [-0.05, 0) is 84.5 Å². The molecule has 0 N–H and O–H groups in total. The van der Waals surface area contributed by atoms with Crippen LogP contribution in [0.15, 0.2) is 79.3 Å². The first kappa shape index (κ1) is 23.9. The molecule has 0 saturated carbocycles. The molecule has 1 atom stereocenters. The number of hydrogen-bond donors (Lipinski definition) is 0. The SMILES string of the molecule is CCCn1cncc1/C=C/c1ccc(C2(C)c3ccc(OC)cc3CCN2c2ccc(F)cc2)cc1. The number of aromatic nitrogens is 2. The molecule has 0 amide bonds. The second-order valence-electron chi connectivity index (χ2n) is 9.44. The van der Waals surface area contributed by atoms with Gasteiger partial charge < -0.3 is 14.2 Å². The number of fused-ring (bicyclic) bond motifs is 1. The Morgan fingerprint density at radius 1 is 1.03 bits per heavy atom. The maximum atomic E-state index is 13.7. The molecule has 0 spiro atoms. The summed E-state index contributed by atoms with van der Waals surface area (Å²) in [6.45, 7) is 6.21. The fourth-order valence-corrected chi connectivity index (χ4v) is 5.30. The number of ether oxygens (including phenoxy) is 1. The molecule has 4 nitrogen and oxygen atoms in total. The molecule has 1 aliphatic rings. The van der Waals surface area contributed by atoms with Crippen molar-refractivity contribution < 1.29 is 9.13 Å². The predicted molar refractivity (Wildman–Crippen MR) is 145 cm³/mol. The van der Waals surface area contributed by atoms with Crippen LogP contribution in [-0.2, 0) is 18.5 Å². The molecule has 1 unspecified atom stereocenters. The third-order valence-corrected chi connectivity index (χ3v) is 7.25. The molecule has 4 aromatic rings. The summed E-state index contributed by atoms with van der Waals surface area (Å²) in [4.78, 5) is 6.67. The molecule has 3 aromatic carbocycles. The Morgan fingerprint density at radius 3 is 2.53 bits per heavy atom. The maximum Gasteiger partial charge on any atom is 0.123 e. The van der Waals surface area contributed by atoms with Crippen LogP contribution in [0.3, 0.4) is 0 Å². The topological polar surface area (TPSA) is 30.3 Å². The Morgan fingerprint density at radius 2 is 1.81 bits per heavy atom. The van der Waals surface area contributed by atoms with Gasteiger partial charge in [0.05, 0.1) is 30.9 Å². The fourth-order valence-electron chi connectivity index (χ4n) is 5.30. The number of halogens is 1. The summed E-state index contributed by atoms with van der Waals surface area (Å²) in [5, 5.41) is 0. The summed E-state index contributed by atoms with van der Waals surface area (Å²) in [7, 11) is 1.70. The first-order valence-electron chi connectivity index (χ1n) is 12.5. The molecule has 0 aliphatic carbocycles. The van der Waals surface area contributed by atoms with Gasteiger partial charge in [-0.3, -0.25) is 0 Å². The molecule has 0 radical (unpaired) electrons. The highest BCUT2D eigenvalue weighted by atomic mass is 19.1. The molecule has 5 rings (SSSR count). The quantitative estimate of drug-likeness (QED) is 0.286. The molecule has 0 saturated heterocycles. The predicted octanol–water partition coefficient (Wildman–Crippen LogP) is 6.94. The number of hydrogen-bond acceptors (Lipinski definition) is 3. The number of rotatable bonds is 7. The lowest BCUT2D eigenvalue weighted by Gasteiger charge is -2.48. The first-order valence-corrected chi connectivity index (χ1v) is 12.5. The van der Waals surface area contributed by atoms with Crippen molar-refractivity contribution in [1.29, 1.82) is 0 Å². The first-order chi connectivity index (χ1) is 17.5. The minimum absolute atomic E-state index is 0.223. The standard InChI is InChI=1S/C31H32FN3O/c1-4-18-34-22-33-21-28(34)12-7-23-5-8-25(9-6-23)31(2)30-16-15-29(36-3)20-24(30)17-19-35(31)27-13-10-26(32)11-14-27/h5-16,20-22H,4,17-19H2,1-3H3/b12-7+. The van der Waals surface area contributed by atoms with Crippen molar-refractivity contribution in [3.63, 3.8) is 0 Å². The molecule has 0 bridgehead atoms. The van der Waals surface area contributed by atoms with Crippen molar-refractivity contribution in [3.8, 4) is 5.75 Å². The zero-order valence-electron chi connectivity index (χ0n) is 21.1. The zero-order chi connectivity index (χ0) is 25.1. The zero-order valence-corrected chi connectivity index (χ0v) is 21.1. The number of methoxy groups -OCH3 is 1. The summed E-state index contributed by atoms with van der Waals surface area (Å²) in [6, 6.07) is 21.9. The average Bonchev–Trinajstić information content (AvgIpc) is 3.35. The van der Waals surface area contributed by atoms with E-state index in [1.165, 1.54) is 28.8 Å². The van der Waals surface area contributed by atoms with E-state index in [0.29, 0.717) is 0 Å². The second kappa shape index (κ2) is 10.0. The number of anilines is 1. The molecule has 184 valence electrons. The van der Waals surface area contributed by atoms with Crippen LogP contribution in [-0.4, -0.2) is 23.2 Å². The van der Waals surface area contributed by atoms with E-state index in [0.717, 1.165) is 48.6 Å². The molecule has 1 aromatic heterocycles. The van der Waals surface area contributed by atoms with Gasteiger partial charge in [-0.2, -0.15) is 0 Å². The summed E-state index contributed by atoms with van der Waals surface area (Å²) in [5.41, 5.74) is 6.53. The lowest BCUT2D eigenvalue weighted by molar-refractivity contribution is 0.411. The Labute approximate surface area is 212 Å². The van der Waals surface area contributed by atoms with E-state index < -0.39 is 5.54 Å². The molecular weight excluding hydrogens is 449 g/mol. The monoisotopic (exact) mass is 481 g/mol. The van der Waals surface area contributed by atoms with Crippen LogP contribution in [0, 0.1) is 5.82 Å². The van der Waals surface area contributed by atoms with Gasteiger partial charge in [-0.15, -0.1) is 0 Å². The number of aryl methyl sites for hydroxylation is 1. The summed E-state index contributed by atoms with van der Waals surface area (Å²) in [5.74, 6) is 0.646. The van der Waals surface area contributed by atoms with Crippen molar-refractivity contribution >= 4 is 17.8 Å². The lowest BCUT2D eigenvalue weighted by Crippen LogP contribution is -2.49. The Kier molecular flexibility index (Phi) is 6.64. The number of benzene rings is 3. The molecular formula is C31H32FN3O. The Bertz CT molecular complexity index is 1360. The Hall–Kier alpha value is -3.86. The van der Waals surface area contributed by atoms with Crippen LogP contribution in [0.2, 0.25) is 0 Å². The third kappa shape index (κ3) is 4.41. The van der Waals surface area contributed by atoms with E-state index in [1.807, 2.05) is 30.7 Å². The summed E-state index contributed by atoms with van der Waals surface area (Å²) < 4.78 is 21.4. The molecule has 5 heteroatoms. The van der Waals surface area contributed by atoms with Crippen LogP contribution in [0.1, 0.15) is 48.2 Å². The molecule has 2 heterocycles. The molecule has 1 aliphatic heterocycles. The number of imidazole rings is 1. The largest absolute Gasteiger partial charge is 0.497 e. The minimum Gasteiger partial charge on any atom is -0.497 e. The van der Waals surface area contributed by atoms with Crippen LogP contribution in [0.5, 0.6) is 5.75 Å². The van der Waals surface area contributed by atoms with Gasteiger partial charge in [0.25, 0.3) is 0 Å². The van der Waals surface area contributed by atoms with E-state index in [9.17, 15) is 4.39 Å². The van der Waals surface area contributed by atoms with Crippen LogP contribution in [0.25, 0.3) is 12.2 Å². The highest BCUT2D eigenvalue weighted by Gasteiger charge is 2.40. The van der Waals surface area contributed by atoms with Gasteiger partial charge >= 0.3 is 0 Å². The average molecular weight is 482 g/mol. The van der Waals surface area contributed by atoms with Crippen molar-refractivity contribution in [1.82, 2.24) is 9.55 Å². The van der Waals surface area contributed by atoms with Crippen LogP contribution in [0.4, 0.5) is 10.1 Å².